The molecule has 71 heavy (non-hydrogen) atoms. The van der Waals surface area contributed by atoms with E-state index in [1.165, 1.54) is 5.56 Å². The van der Waals surface area contributed by atoms with E-state index in [1.54, 1.807) is 6.07 Å². The first-order valence-electron chi connectivity index (χ1n) is 31.7. The molecule has 0 fully saturated rings. The smallest absolute Gasteiger partial charge is 0.148 e. The van der Waals surface area contributed by atoms with E-state index in [9.17, 15) is 9.22 Å². The minimum Gasteiger partial charge on any atom is -0.507 e. The van der Waals surface area contributed by atoms with Crippen LogP contribution in [0.1, 0.15) is 151 Å². The van der Waals surface area contributed by atoms with E-state index >= 15 is 0 Å². The van der Waals surface area contributed by atoms with Crippen LogP contribution in [0.25, 0.3) is 83.9 Å². The van der Waals surface area contributed by atoms with E-state index in [0.717, 1.165) is 33.5 Å². The SMILES string of the molecule is [2H]c1nc(-c2[c-]c(-c3cccc4c3nc(-c3cc(C(C)C)cc(C(C)C)c3O)n4-c3ccc(C(C)(C)C)cc3-c3ccc(C(C)(C)C)cc3)cc(-c3ccccc3)c2)c([2H])c(-c2c([2H])c([2H])c(C(C([2H])([2H])[2H])(C([2H])([2H])[2H])C([2H])([2H])[2H])c([2H])c2[2H])c1[2H].[Pt]. The summed E-state index contributed by atoms with van der Waals surface area (Å²) in [6.07, 6.45) is -0.759. The molecule has 0 radical (unpaired) electrons. The Labute approximate surface area is 460 Å². The molecule has 1 N–H and O–H groups in total. The van der Waals surface area contributed by atoms with Gasteiger partial charge in [-0.2, -0.15) is 0 Å². The van der Waals surface area contributed by atoms with Gasteiger partial charge in [-0.05, 0) is 108 Å². The van der Waals surface area contributed by atoms with Crippen molar-refractivity contribution < 1.29 is 48.1 Å². The van der Waals surface area contributed by atoms with Gasteiger partial charge in [-0.1, -0.05) is 216 Å². The molecule has 0 aliphatic carbocycles. The van der Waals surface area contributed by atoms with E-state index in [-0.39, 0.29) is 60.7 Å². The number of phenolic OH excluding ortho intramolecular Hbond substituents is 1. The topological polar surface area (TPSA) is 50.9 Å². The third kappa shape index (κ3) is 10.4. The van der Waals surface area contributed by atoms with Crippen LogP contribution in [0.5, 0.6) is 5.75 Å². The third-order valence-electron chi connectivity index (χ3n) is 12.9. The van der Waals surface area contributed by atoms with Crippen LogP contribution in [0.15, 0.2) is 158 Å². The first-order chi connectivity index (χ1) is 39.8. The van der Waals surface area contributed by atoms with Gasteiger partial charge in [-0.25, -0.2) is 4.98 Å². The monoisotopic (exact) mass is 1130 g/mol. The van der Waals surface area contributed by atoms with E-state index in [0.29, 0.717) is 44.7 Å². The molecule has 0 saturated heterocycles. The van der Waals surface area contributed by atoms with Crippen LogP contribution >= 0.6 is 0 Å². The zero-order chi connectivity index (χ0) is 63.5. The van der Waals surface area contributed by atoms with Gasteiger partial charge in [0.05, 0.1) is 31.9 Å². The number of fused-ring (bicyclic) bond motifs is 1. The predicted octanol–water partition coefficient (Wildman–Crippen LogP) is 18.1. The van der Waals surface area contributed by atoms with Crippen molar-refractivity contribution in [3.8, 4) is 78.6 Å². The van der Waals surface area contributed by atoms with Crippen LogP contribution in [0.4, 0.5) is 0 Å². The zero-order valence-electron chi connectivity index (χ0n) is 57.7. The van der Waals surface area contributed by atoms with Crippen molar-refractivity contribution >= 4 is 11.0 Å². The van der Waals surface area contributed by atoms with Gasteiger partial charge in [0.1, 0.15) is 11.6 Å². The summed E-state index contributed by atoms with van der Waals surface area (Å²) >= 11 is 0. The molecular weight excluding hydrogens is 1050 g/mol. The summed E-state index contributed by atoms with van der Waals surface area (Å²) in [7, 11) is 0. The molecule has 364 valence electrons. The molecule has 9 rings (SSSR count). The standard InChI is InChI=1S/C66H68N3O.Pt/c1-41(2)47-37-55(42(3)4)62(70)57(38-47)63-68-61-54(20-17-21-60(61)69(63)59-31-30-53(66(11,12)13)40-56(59)45-24-28-52(29-25-45)65(8,9)10)49-34-48(43-18-15-14-16-19-43)35-50(36-49)58-39-46(32-33-67-58)44-22-26-51(27-23-44)64(5,6)7;/h14-35,37-42,70H,1-13H3;/q-1;/i5D3,6D3,7D3,22D,23D,26D,27D,32D,33D,39D;. The molecule has 5 heteroatoms. The van der Waals surface area contributed by atoms with Crippen molar-refractivity contribution in [2.24, 2.45) is 0 Å². The molecule has 0 bridgehead atoms. The van der Waals surface area contributed by atoms with Crippen LogP contribution in [-0.4, -0.2) is 19.6 Å². The maximum atomic E-state index is 12.5. The average Bonchev–Trinajstić information content (AvgIpc) is 1.07. The Bertz CT molecular complexity index is 4070. The van der Waals surface area contributed by atoms with Gasteiger partial charge >= 0.3 is 0 Å². The minimum absolute atomic E-state index is 0. The minimum atomic E-state index is -3.94. The first-order valence-corrected chi connectivity index (χ1v) is 23.7. The van der Waals surface area contributed by atoms with Crippen molar-refractivity contribution in [1.82, 2.24) is 14.5 Å². The molecule has 0 aliphatic rings. The second-order valence-corrected chi connectivity index (χ2v) is 20.8. The summed E-state index contributed by atoms with van der Waals surface area (Å²) in [5.41, 5.74) is 3.38. The summed E-state index contributed by atoms with van der Waals surface area (Å²) in [4.78, 5) is 9.98. The molecular formula is C66H68N3OPt-. The summed E-state index contributed by atoms with van der Waals surface area (Å²) in [5, 5.41) is 12.5. The van der Waals surface area contributed by atoms with Crippen molar-refractivity contribution in [1.29, 1.82) is 0 Å². The number of benzene rings is 7. The Kier molecular flexibility index (Phi) is 9.45. The van der Waals surface area contributed by atoms with Crippen LogP contribution in [0.3, 0.4) is 0 Å². The fourth-order valence-corrected chi connectivity index (χ4v) is 8.78. The second-order valence-electron chi connectivity index (χ2n) is 20.8. The van der Waals surface area contributed by atoms with Crippen molar-refractivity contribution in [3.63, 3.8) is 0 Å². The fourth-order valence-electron chi connectivity index (χ4n) is 8.78. The normalized spacial score (nSPS) is 16.0. The number of nitrogens with zero attached hydrogens (tertiary/aromatic N) is 3. The molecule has 4 nitrogen and oxygen atoms in total. The maximum absolute atomic E-state index is 12.5. The number of aromatic hydroxyl groups is 1. The van der Waals surface area contributed by atoms with Crippen molar-refractivity contribution in [2.75, 3.05) is 0 Å². The second kappa shape index (κ2) is 19.7. The molecule has 7 aromatic carbocycles. The Morgan fingerprint density at radius 1 is 0.577 bits per heavy atom. The van der Waals surface area contributed by atoms with Crippen molar-refractivity contribution in [3.05, 3.63) is 192 Å². The van der Waals surface area contributed by atoms with Gasteiger partial charge in [0.15, 0.2) is 0 Å². The Morgan fingerprint density at radius 3 is 1.90 bits per heavy atom. The zero-order valence-corrected chi connectivity index (χ0v) is 44.0. The maximum Gasteiger partial charge on any atom is 0.148 e. The van der Waals surface area contributed by atoms with Crippen LogP contribution in [0.2, 0.25) is 0 Å². The van der Waals surface area contributed by atoms with E-state index in [4.69, 9.17) is 22.8 Å². The van der Waals surface area contributed by atoms with E-state index in [1.807, 2.05) is 80.6 Å². The number of phenols is 1. The van der Waals surface area contributed by atoms with Crippen LogP contribution in [0, 0.1) is 6.07 Å². The number of aromatic nitrogens is 3. The van der Waals surface area contributed by atoms with E-state index < -0.39 is 85.1 Å². The first kappa shape index (κ1) is 34.1. The predicted molar refractivity (Wildman–Crippen MR) is 296 cm³/mol. The van der Waals surface area contributed by atoms with Gasteiger partial charge in [0, 0.05) is 50.8 Å². The summed E-state index contributed by atoms with van der Waals surface area (Å²) < 4.78 is 141. The number of hydrogen-bond donors (Lipinski definition) is 1. The summed E-state index contributed by atoms with van der Waals surface area (Å²) in [6, 6.07) is 34.7. The van der Waals surface area contributed by atoms with Gasteiger partial charge in [0.2, 0.25) is 0 Å². The molecule has 0 atom stereocenters. The van der Waals surface area contributed by atoms with Crippen molar-refractivity contribution in [2.45, 2.75) is 118 Å². The number of imidazole rings is 1. The molecule has 0 spiro atoms. The quantitative estimate of drug-likeness (QED) is 0.147. The molecule has 0 aliphatic heterocycles. The number of para-hydroxylation sites is 1. The fraction of sp³-hybridized carbons (Fsp3) is 0.273. The Hall–Kier alpha value is -6.35. The van der Waals surface area contributed by atoms with Crippen LogP contribution in [-0.2, 0) is 37.3 Å². The van der Waals surface area contributed by atoms with Gasteiger partial charge in [0.25, 0.3) is 0 Å². The summed E-state index contributed by atoms with van der Waals surface area (Å²) in [6.45, 7) is 9.49. The van der Waals surface area contributed by atoms with Gasteiger partial charge in [-0.15, -0.1) is 23.8 Å². The Balaban J connectivity index is 0.00000982. The third-order valence-corrected chi connectivity index (χ3v) is 12.9. The number of hydrogen-bond acceptors (Lipinski definition) is 3. The largest absolute Gasteiger partial charge is 0.507 e. The molecule has 9 aromatic rings. The van der Waals surface area contributed by atoms with E-state index in [2.05, 4.69) is 113 Å². The molecule has 0 amide bonds. The molecule has 2 aromatic heterocycles. The molecule has 0 saturated carbocycles. The molecule has 2 heterocycles. The molecule has 0 unspecified atom stereocenters. The average molecular weight is 1130 g/mol. The van der Waals surface area contributed by atoms with Gasteiger partial charge < -0.3 is 5.11 Å². The summed E-state index contributed by atoms with van der Waals surface area (Å²) in [5.74, 6) is 0.553. The Morgan fingerprint density at radius 2 is 1.25 bits per heavy atom. The number of rotatable bonds is 9. The van der Waals surface area contributed by atoms with Gasteiger partial charge in [-0.3, -0.25) is 9.55 Å². The number of pyridine rings is 1. The van der Waals surface area contributed by atoms with Crippen LogP contribution < -0.4 is 0 Å².